The van der Waals surface area contributed by atoms with Crippen LogP contribution in [0.15, 0.2) is 30.3 Å². The van der Waals surface area contributed by atoms with Crippen molar-refractivity contribution in [2.75, 3.05) is 0 Å². The average molecular weight is 331 g/mol. The van der Waals surface area contributed by atoms with Crippen LogP contribution in [0.5, 0.6) is 0 Å². The van der Waals surface area contributed by atoms with Crippen molar-refractivity contribution < 1.29 is 13.6 Å². The second-order valence-electron chi connectivity index (χ2n) is 4.36. The summed E-state index contributed by atoms with van der Waals surface area (Å²) in [6.45, 7) is 1.58. The summed E-state index contributed by atoms with van der Waals surface area (Å²) in [5, 5.41) is 2.73. The van der Waals surface area contributed by atoms with Crippen molar-refractivity contribution in [1.82, 2.24) is 10.3 Å². The Labute approximate surface area is 129 Å². The maximum Gasteiger partial charge on any atom is 0.251 e. The number of pyridine rings is 1. The molecular formula is C14H10Cl2F2N2O. The fraction of sp³-hybridized carbons (Fsp3) is 0.143. The third-order valence-corrected chi connectivity index (χ3v) is 3.19. The number of carbonyl (C=O) groups is 1. The molecule has 1 amide bonds. The molecule has 7 heteroatoms. The molecule has 110 valence electrons. The van der Waals surface area contributed by atoms with Crippen LogP contribution in [0.25, 0.3) is 0 Å². The molecule has 1 aromatic heterocycles. The van der Waals surface area contributed by atoms with Crippen molar-refractivity contribution in [1.29, 1.82) is 0 Å². The zero-order chi connectivity index (χ0) is 15.6. The molecule has 0 saturated carbocycles. The first kappa shape index (κ1) is 15.7. The van der Waals surface area contributed by atoms with E-state index in [1.165, 1.54) is 18.2 Å². The monoisotopic (exact) mass is 330 g/mol. The topological polar surface area (TPSA) is 42.0 Å². The zero-order valence-corrected chi connectivity index (χ0v) is 12.3. The van der Waals surface area contributed by atoms with Crippen molar-refractivity contribution in [2.24, 2.45) is 0 Å². The highest BCUT2D eigenvalue weighted by Gasteiger charge is 2.16. The van der Waals surface area contributed by atoms with E-state index in [-0.39, 0.29) is 21.4 Å². The lowest BCUT2D eigenvalue weighted by molar-refractivity contribution is 0.0939. The first-order valence-corrected chi connectivity index (χ1v) is 6.71. The molecule has 1 aromatic carbocycles. The lowest BCUT2D eigenvalue weighted by Gasteiger charge is -2.15. The Morgan fingerprint density at radius 3 is 2.38 bits per heavy atom. The van der Waals surface area contributed by atoms with Gasteiger partial charge in [-0.3, -0.25) is 4.79 Å². The summed E-state index contributed by atoms with van der Waals surface area (Å²) in [6, 6.07) is 5.21. The van der Waals surface area contributed by atoms with Crippen molar-refractivity contribution >= 4 is 29.1 Å². The highest BCUT2D eigenvalue weighted by Crippen LogP contribution is 2.19. The maximum absolute atomic E-state index is 13.6. The van der Waals surface area contributed by atoms with Gasteiger partial charge in [-0.2, -0.15) is 0 Å². The number of nitrogens with one attached hydrogen (secondary N) is 1. The van der Waals surface area contributed by atoms with Gasteiger partial charge < -0.3 is 5.32 Å². The predicted octanol–water partition coefficient (Wildman–Crippen LogP) is 4.16. The fourth-order valence-electron chi connectivity index (χ4n) is 1.81. The van der Waals surface area contributed by atoms with E-state index in [0.717, 1.165) is 12.1 Å². The summed E-state index contributed by atoms with van der Waals surface area (Å²) in [5.41, 5.74) is 0.380. The number of halogens is 4. The molecule has 0 bridgehead atoms. The average Bonchev–Trinajstić information content (AvgIpc) is 2.37. The van der Waals surface area contributed by atoms with Gasteiger partial charge >= 0.3 is 0 Å². The molecule has 2 aromatic rings. The van der Waals surface area contributed by atoms with Gasteiger partial charge in [0.1, 0.15) is 21.9 Å². The van der Waals surface area contributed by atoms with Gasteiger partial charge in [-0.25, -0.2) is 13.8 Å². The van der Waals surface area contributed by atoms with E-state index in [0.29, 0.717) is 0 Å². The number of aromatic nitrogens is 1. The summed E-state index contributed by atoms with van der Waals surface area (Å²) < 4.78 is 26.5. The second kappa shape index (κ2) is 6.37. The number of carbonyl (C=O) groups excluding carboxylic acids is 1. The van der Waals surface area contributed by atoms with Gasteiger partial charge in [0.2, 0.25) is 0 Å². The molecule has 0 spiro atoms. The number of nitrogens with zero attached hydrogens (tertiary/aromatic N) is 1. The quantitative estimate of drug-likeness (QED) is 0.858. The molecule has 0 saturated heterocycles. The Bertz CT molecular complexity index is 674. The summed E-state index contributed by atoms with van der Waals surface area (Å²) in [6.07, 6.45) is 0. The smallest absolute Gasteiger partial charge is 0.251 e. The van der Waals surface area contributed by atoms with Gasteiger partial charge in [-0.1, -0.05) is 29.3 Å². The minimum Gasteiger partial charge on any atom is -0.345 e. The maximum atomic E-state index is 13.6. The molecule has 3 nitrogen and oxygen atoms in total. The fourth-order valence-corrected chi connectivity index (χ4v) is 2.27. The third-order valence-electron chi connectivity index (χ3n) is 2.80. The van der Waals surface area contributed by atoms with Gasteiger partial charge in [0.25, 0.3) is 5.91 Å². The Morgan fingerprint density at radius 1 is 1.19 bits per heavy atom. The minimum atomic E-state index is -0.728. The van der Waals surface area contributed by atoms with E-state index in [1.54, 1.807) is 6.92 Å². The van der Waals surface area contributed by atoms with Crippen molar-refractivity contribution in [2.45, 2.75) is 13.0 Å². The first-order chi connectivity index (χ1) is 9.86. The molecular weight excluding hydrogens is 321 g/mol. The molecule has 1 atom stereocenters. The third kappa shape index (κ3) is 3.89. The molecule has 1 heterocycles. The Kier molecular flexibility index (Phi) is 4.75. The number of hydrogen-bond acceptors (Lipinski definition) is 2. The first-order valence-electron chi connectivity index (χ1n) is 5.95. The zero-order valence-electron chi connectivity index (χ0n) is 10.8. The van der Waals surface area contributed by atoms with E-state index >= 15 is 0 Å². The van der Waals surface area contributed by atoms with Crippen LogP contribution in [0.4, 0.5) is 8.78 Å². The lowest BCUT2D eigenvalue weighted by Crippen LogP contribution is -2.27. The van der Waals surface area contributed by atoms with Gasteiger partial charge in [-0.15, -0.1) is 0 Å². The van der Waals surface area contributed by atoms with Gasteiger partial charge in [-0.05, 0) is 25.1 Å². The van der Waals surface area contributed by atoms with Crippen LogP contribution >= 0.6 is 23.2 Å². The molecule has 1 unspecified atom stereocenters. The second-order valence-corrected chi connectivity index (χ2v) is 5.14. The molecule has 2 rings (SSSR count). The van der Waals surface area contributed by atoms with Crippen molar-refractivity contribution in [3.63, 3.8) is 0 Å². The minimum absolute atomic E-state index is 0.0771. The normalized spacial score (nSPS) is 12.0. The Hall–Kier alpha value is -1.72. The van der Waals surface area contributed by atoms with Crippen LogP contribution in [0.2, 0.25) is 10.3 Å². The van der Waals surface area contributed by atoms with Gasteiger partial charge in [0.05, 0.1) is 6.04 Å². The van der Waals surface area contributed by atoms with Crippen LogP contribution in [-0.2, 0) is 0 Å². The molecule has 0 aliphatic heterocycles. The van der Waals surface area contributed by atoms with E-state index in [2.05, 4.69) is 10.3 Å². The van der Waals surface area contributed by atoms with Crippen molar-refractivity contribution in [3.8, 4) is 0 Å². The highest BCUT2D eigenvalue weighted by molar-refractivity contribution is 6.33. The molecule has 21 heavy (non-hydrogen) atoms. The van der Waals surface area contributed by atoms with Crippen LogP contribution < -0.4 is 5.32 Å². The van der Waals surface area contributed by atoms with E-state index in [4.69, 9.17) is 23.2 Å². The standard InChI is InChI=1S/C14H10Cl2F2N2O/c1-7(10-3-2-9(17)6-11(10)18)19-14(21)8-4-12(15)20-13(16)5-8/h2-7H,1H3,(H,19,21). The molecule has 0 radical (unpaired) electrons. The van der Waals surface area contributed by atoms with E-state index < -0.39 is 23.6 Å². The highest BCUT2D eigenvalue weighted by atomic mass is 35.5. The molecule has 0 aliphatic rings. The van der Waals surface area contributed by atoms with Crippen LogP contribution in [0.1, 0.15) is 28.9 Å². The largest absolute Gasteiger partial charge is 0.345 e. The molecule has 0 aliphatic carbocycles. The Morgan fingerprint density at radius 2 is 1.81 bits per heavy atom. The Balaban J connectivity index is 2.18. The van der Waals surface area contributed by atoms with Gasteiger partial charge in [0, 0.05) is 17.2 Å². The summed E-state index contributed by atoms with van der Waals surface area (Å²) in [4.78, 5) is 15.8. The van der Waals surface area contributed by atoms with E-state index in [1.807, 2.05) is 0 Å². The van der Waals surface area contributed by atoms with E-state index in [9.17, 15) is 13.6 Å². The van der Waals surface area contributed by atoms with Crippen LogP contribution in [0, 0.1) is 11.6 Å². The number of benzene rings is 1. The number of hydrogen-bond donors (Lipinski definition) is 1. The molecule has 1 N–H and O–H groups in total. The molecule has 0 fully saturated rings. The lowest BCUT2D eigenvalue weighted by atomic mass is 10.1. The SMILES string of the molecule is CC(NC(=O)c1cc(Cl)nc(Cl)c1)c1ccc(F)cc1F. The van der Waals surface area contributed by atoms with Crippen LogP contribution in [-0.4, -0.2) is 10.9 Å². The number of amides is 1. The summed E-state index contributed by atoms with van der Waals surface area (Å²) in [7, 11) is 0. The number of rotatable bonds is 3. The summed E-state index contributed by atoms with van der Waals surface area (Å²) >= 11 is 11.4. The van der Waals surface area contributed by atoms with Gasteiger partial charge in [0.15, 0.2) is 0 Å². The predicted molar refractivity (Wildman–Crippen MR) is 76.5 cm³/mol. The van der Waals surface area contributed by atoms with Crippen molar-refractivity contribution in [3.05, 3.63) is 63.4 Å². The summed E-state index contributed by atoms with van der Waals surface area (Å²) in [5.74, 6) is -1.89. The van der Waals surface area contributed by atoms with Crippen LogP contribution in [0.3, 0.4) is 0 Å².